The van der Waals surface area contributed by atoms with E-state index < -0.39 is 11.9 Å². The van der Waals surface area contributed by atoms with Gasteiger partial charge in [0.25, 0.3) is 0 Å². The molecule has 1 amide bonds. The normalized spacial score (nSPS) is 21.0. The number of aryl methyl sites for hydroxylation is 2. The Balaban J connectivity index is 1.50. The zero-order chi connectivity index (χ0) is 23.7. The Bertz CT molecular complexity index is 1020. The summed E-state index contributed by atoms with van der Waals surface area (Å²) < 4.78 is 5.86. The Labute approximate surface area is 196 Å². The van der Waals surface area contributed by atoms with Gasteiger partial charge >= 0.3 is 5.97 Å². The standard InChI is InChI=1S/C27H36N2O4/c1-15(2)9-18-11-20(12-18)26-25(19-6-7-19)23(29-33-26)13-21(14-24(30)31)27(32)28-22-8-5-16(3)10-17(22)4/h5,8,10,15,18-21H,6-7,9,11-14H2,1-4H3,(H,28,32)(H,30,31)/t18-,20+,21?. The molecule has 6 heteroatoms. The lowest BCUT2D eigenvalue weighted by molar-refractivity contribution is -0.140. The molecule has 0 saturated heterocycles. The van der Waals surface area contributed by atoms with Gasteiger partial charge < -0.3 is 14.9 Å². The molecule has 1 aromatic carbocycles. The highest BCUT2D eigenvalue weighted by molar-refractivity contribution is 5.95. The highest BCUT2D eigenvalue weighted by atomic mass is 16.5. The molecule has 0 bridgehead atoms. The van der Waals surface area contributed by atoms with Crippen molar-refractivity contribution in [3.05, 3.63) is 46.3 Å². The molecule has 0 radical (unpaired) electrons. The number of rotatable bonds is 10. The number of aliphatic carboxylic acids is 1. The van der Waals surface area contributed by atoms with Crippen molar-refractivity contribution in [1.82, 2.24) is 5.16 Å². The largest absolute Gasteiger partial charge is 0.481 e. The molecule has 0 aliphatic heterocycles. The molecule has 4 rings (SSSR count). The first-order chi connectivity index (χ1) is 15.7. The van der Waals surface area contributed by atoms with Crippen LogP contribution < -0.4 is 5.32 Å². The maximum Gasteiger partial charge on any atom is 0.304 e. The summed E-state index contributed by atoms with van der Waals surface area (Å²) in [7, 11) is 0. The van der Waals surface area contributed by atoms with Gasteiger partial charge in [-0.15, -0.1) is 0 Å². The highest BCUT2D eigenvalue weighted by Gasteiger charge is 2.41. The van der Waals surface area contributed by atoms with Gasteiger partial charge in [0.05, 0.1) is 18.0 Å². The third-order valence-corrected chi connectivity index (χ3v) is 7.10. The number of carboxylic acids is 1. The van der Waals surface area contributed by atoms with Crippen LogP contribution in [0.1, 0.15) is 92.4 Å². The van der Waals surface area contributed by atoms with Crippen LogP contribution in [0.5, 0.6) is 0 Å². The number of nitrogens with zero attached hydrogens (tertiary/aromatic N) is 1. The molecule has 6 nitrogen and oxygen atoms in total. The van der Waals surface area contributed by atoms with E-state index in [0.29, 0.717) is 24.2 Å². The van der Waals surface area contributed by atoms with Crippen LogP contribution in [-0.2, 0) is 16.0 Å². The Kier molecular flexibility index (Phi) is 6.91. The van der Waals surface area contributed by atoms with E-state index in [0.717, 1.165) is 65.4 Å². The van der Waals surface area contributed by atoms with Crippen molar-refractivity contribution >= 4 is 17.6 Å². The number of hydrogen-bond donors (Lipinski definition) is 2. The number of anilines is 1. The number of aromatic nitrogens is 1. The molecule has 178 valence electrons. The fourth-order valence-electron chi connectivity index (χ4n) is 5.29. The van der Waals surface area contributed by atoms with Gasteiger partial charge in [-0.25, -0.2) is 0 Å². The van der Waals surface area contributed by atoms with Gasteiger partial charge in [-0.05, 0) is 75.3 Å². The fourth-order valence-corrected chi connectivity index (χ4v) is 5.29. The van der Waals surface area contributed by atoms with Gasteiger partial charge in [-0.1, -0.05) is 36.7 Å². The van der Waals surface area contributed by atoms with Crippen molar-refractivity contribution in [1.29, 1.82) is 0 Å². The number of nitrogens with one attached hydrogen (secondary N) is 1. The van der Waals surface area contributed by atoms with E-state index in [4.69, 9.17) is 4.52 Å². The summed E-state index contributed by atoms with van der Waals surface area (Å²) >= 11 is 0. The molecule has 1 aromatic heterocycles. The lowest BCUT2D eigenvalue weighted by Crippen LogP contribution is -2.28. The van der Waals surface area contributed by atoms with Gasteiger partial charge in [-0.3, -0.25) is 9.59 Å². The van der Waals surface area contributed by atoms with E-state index in [-0.39, 0.29) is 12.3 Å². The van der Waals surface area contributed by atoms with Crippen molar-refractivity contribution in [2.75, 3.05) is 5.32 Å². The quantitative estimate of drug-likeness (QED) is 0.462. The summed E-state index contributed by atoms with van der Waals surface area (Å²) in [5.41, 5.74) is 4.73. The fraction of sp³-hybridized carbons (Fsp3) is 0.593. The number of carbonyl (C=O) groups excluding carboxylic acids is 1. The zero-order valence-electron chi connectivity index (χ0n) is 20.2. The summed E-state index contributed by atoms with van der Waals surface area (Å²) in [6, 6.07) is 5.81. The minimum absolute atomic E-state index is 0.233. The smallest absolute Gasteiger partial charge is 0.304 e. The molecule has 2 saturated carbocycles. The first-order valence-electron chi connectivity index (χ1n) is 12.3. The van der Waals surface area contributed by atoms with Crippen LogP contribution in [0.3, 0.4) is 0 Å². The first kappa shape index (κ1) is 23.5. The van der Waals surface area contributed by atoms with E-state index in [1.165, 1.54) is 6.42 Å². The highest BCUT2D eigenvalue weighted by Crippen LogP contribution is 2.51. The van der Waals surface area contributed by atoms with E-state index in [9.17, 15) is 14.7 Å². The second-order valence-corrected chi connectivity index (χ2v) is 10.7. The van der Waals surface area contributed by atoms with Crippen molar-refractivity contribution in [3.8, 4) is 0 Å². The third-order valence-electron chi connectivity index (χ3n) is 7.10. The Morgan fingerprint density at radius 1 is 1.18 bits per heavy atom. The third kappa shape index (κ3) is 5.66. The van der Waals surface area contributed by atoms with Crippen LogP contribution in [0, 0.1) is 31.6 Å². The Hall–Kier alpha value is -2.63. The van der Waals surface area contributed by atoms with E-state index in [2.05, 4.69) is 24.3 Å². The van der Waals surface area contributed by atoms with E-state index in [1.807, 2.05) is 32.0 Å². The lowest BCUT2D eigenvalue weighted by Gasteiger charge is -2.35. The molecule has 2 aliphatic carbocycles. The summed E-state index contributed by atoms with van der Waals surface area (Å²) in [5, 5.41) is 16.8. The molecule has 0 spiro atoms. The van der Waals surface area contributed by atoms with Crippen LogP contribution in [0.2, 0.25) is 0 Å². The van der Waals surface area contributed by atoms with Crippen LogP contribution >= 0.6 is 0 Å². The second-order valence-electron chi connectivity index (χ2n) is 10.7. The lowest BCUT2D eigenvalue weighted by atomic mass is 9.69. The maximum atomic E-state index is 13.1. The Morgan fingerprint density at radius 2 is 1.91 bits per heavy atom. The first-order valence-corrected chi connectivity index (χ1v) is 12.3. The van der Waals surface area contributed by atoms with Crippen molar-refractivity contribution in [2.45, 2.75) is 84.5 Å². The van der Waals surface area contributed by atoms with Gasteiger partial charge in [0.1, 0.15) is 5.76 Å². The molecule has 2 N–H and O–H groups in total. The van der Waals surface area contributed by atoms with Gasteiger partial charge in [0.15, 0.2) is 0 Å². The molecule has 1 atom stereocenters. The zero-order valence-corrected chi connectivity index (χ0v) is 20.2. The maximum absolute atomic E-state index is 13.1. The summed E-state index contributed by atoms with van der Waals surface area (Å²) in [5.74, 6) is 1.34. The summed E-state index contributed by atoms with van der Waals surface area (Å²) in [6.45, 7) is 8.47. The number of carboxylic acid groups (broad SMARTS) is 1. The SMILES string of the molecule is Cc1ccc(NC(=O)C(CC(=O)O)Cc2noc([C@H]3C[C@@H](CC(C)C)C3)c2C2CC2)c(C)c1. The molecule has 2 fully saturated rings. The van der Waals surface area contributed by atoms with Crippen LogP contribution in [0.25, 0.3) is 0 Å². The topological polar surface area (TPSA) is 92.4 Å². The number of benzene rings is 1. The van der Waals surface area contributed by atoms with Crippen LogP contribution in [0.4, 0.5) is 5.69 Å². The number of carbonyl (C=O) groups is 2. The van der Waals surface area contributed by atoms with Crippen molar-refractivity contribution in [3.63, 3.8) is 0 Å². The van der Waals surface area contributed by atoms with Gasteiger partial charge in [-0.2, -0.15) is 0 Å². The van der Waals surface area contributed by atoms with E-state index >= 15 is 0 Å². The monoisotopic (exact) mass is 452 g/mol. The average Bonchev–Trinajstić information content (AvgIpc) is 3.46. The Morgan fingerprint density at radius 3 is 2.52 bits per heavy atom. The molecule has 2 aromatic rings. The number of amides is 1. The summed E-state index contributed by atoms with van der Waals surface area (Å²) in [4.78, 5) is 24.7. The minimum atomic E-state index is -0.983. The van der Waals surface area contributed by atoms with Gasteiger partial charge in [0.2, 0.25) is 5.91 Å². The summed E-state index contributed by atoms with van der Waals surface area (Å²) in [6.07, 6.45) is 5.80. The van der Waals surface area contributed by atoms with Crippen molar-refractivity contribution < 1.29 is 19.2 Å². The molecular formula is C27H36N2O4. The predicted molar refractivity (Wildman–Crippen MR) is 127 cm³/mol. The van der Waals surface area contributed by atoms with Crippen molar-refractivity contribution in [2.24, 2.45) is 17.8 Å². The molecule has 33 heavy (non-hydrogen) atoms. The van der Waals surface area contributed by atoms with Crippen LogP contribution in [-0.4, -0.2) is 22.1 Å². The van der Waals surface area contributed by atoms with E-state index in [1.54, 1.807) is 0 Å². The molecular weight excluding hydrogens is 416 g/mol. The molecule has 1 heterocycles. The molecule has 1 unspecified atom stereocenters. The second kappa shape index (κ2) is 9.70. The van der Waals surface area contributed by atoms with Crippen LogP contribution in [0.15, 0.2) is 22.7 Å². The number of hydrogen-bond acceptors (Lipinski definition) is 4. The molecule has 2 aliphatic rings. The van der Waals surface area contributed by atoms with Gasteiger partial charge in [0, 0.05) is 23.6 Å². The predicted octanol–water partition coefficient (Wildman–Crippen LogP) is 5.98. The average molecular weight is 453 g/mol. The minimum Gasteiger partial charge on any atom is -0.481 e.